The molecule has 1 atom stereocenters. The van der Waals surface area contributed by atoms with E-state index in [1.54, 1.807) is 6.07 Å². The van der Waals surface area contributed by atoms with E-state index in [9.17, 15) is 9.50 Å². The van der Waals surface area contributed by atoms with Gasteiger partial charge in [0, 0.05) is 25.2 Å². The maximum atomic E-state index is 13.3. The zero-order chi connectivity index (χ0) is 13.3. The molecular weight excluding hydrogens is 251 g/mol. The number of thiocarbonyl (C=S) groups is 1. The van der Waals surface area contributed by atoms with Gasteiger partial charge in [-0.05, 0) is 37.1 Å². The average molecular weight is 268 g/mol. The highest BCUT2D eigenvalue weighted by Gasteiger charge is 2.31. The number of β-amino-alcohol motifs (C(OH)–C–C–N with tert-alkyl or cyclic N) is 1. The summed E-state index contributed by atoms with van der Waals surface area (Å²) in [4.78, 5) is 2.35. The highest BCUT2D eigenvalue weighted by molar-refractivity contribution is 7.80. The van der Waals surface area contributed by atoms with E-state index in [0.717, 1.165) is 18.5 Å². The monoisotopic (exact) mass is 268 g/mol. The van der Waals surface area contributed by atoms with Crippen molar-refractivity contribution in [3.8, 4) is 0 Å². The lowest BCUT2D eigenvalue weighted by molar-refractivity contribution is 0.0679. The molecule has 3 nitrogen and oxygen atoms in total. The van der Waals surface area contributed by atoms with Crippen molar-refractivity contribution in [1.82, 2.24) is 4.90 Å². The van der Waals surface area contributed by atoms with Crippen molar-refractivity contribution in [2.24, 2.45) is 5.73 Å². The lowest BCUT2D eigenvalue weighted by Crippen LogP contribution is -2.30. The summed E-state index contributed by atoms with van der Waals surface area (Å²) in [5.41, 5.74) is 6.46. The van der Waals surface area contributed by atoms with Gasteiger partial charge in [0.1, 0.15) is 10.8 Å². The average Bonchev–Trinajstić information content (AvgIpc) is 2.57. The Labute approximate surface area is 111 Å². The van der Waals surface area contributed by atoms with Crippen LogP contribution in [-0.4, -0.2) is 33.7 Å². The fourth-order valence-corrected chi connectivity index (χ4v) is 2.55. The molecule has 1 aliphatic heterocycles. The van der Waals surface area contributed by atoms with Gasteiger partial charge in [-0.2, -0.15) is 0 Å². The summed E-state index contributed by atoms with van der Waals surface area (Å²) >= 11 is 4.97. The van der Waals surface area contributed by atoms with Crippen LogP contribution in [0.5, 0.6) is 0 Å². The number of aliphatic hydroxyl groups is 1. The minimum atomic E-state index is -0.656. The van der Waals surface area contributed by atoms with Crippen LogP contribution in [0.15, 0.2) is 18.2 Å². The van der Waals surface area contributed by atoms with Crippen LogP contribution in [0.1, 0.15) is 24.5 Å². The molecule has 1 fully saturated rings. The van der Waals surface area contributed by atoms with Gasteiger partial charge < -0.3 is 10.8 Å². The second kappa shape index (κ2) is 4.91. The molecule has 1 aliphatic rings. The summed E-state index contributed by atoms with van der Waals surface area (Å²) in [6.45, 7) is 3.74. The maximum absolute atomic E-state index is 13.3. The number of likely N-dealkylation sites (tertiary alicyclic amines) is 1. The van der Waals surface area contributed by atoms with E-state index >= 15 is 0 Å². The lowest BCUT2D eigenvalue weighted by atomic mass is 10.1. The molecule has 1 heterocycles. The fraction of sp³-hybridized carbons (Fsp3) is 0.462. The Morgan fingerprint density at radius 3 is 2.89 bits per heavy atom. The van der Waals surface area contributed by atoms with Gasteiger partial charge in [-0.15, -0.1) is 0 Å². The van der Waals surface area contributed by atoms with Gasteiger partial charge >= 0.3 is 0 Å². The van der Waals surface area contributed by atoms with E-state index < -0.39 is 5.60 Å². The van der Waals surface area contributed by atoms with E-state index in [0.29, 0.717) is 18.7 Å². The smallest absolute Gasteiger partial charge is 0.123 e. The molecule has 1 aromatic carbocycles. The second-order valence-corrected chi connectivity index (χ2v) is 5.56. The Balaban J connectivity index is 2.18. The Hall–Kier alpha value is -1.04. The maximum Gasteiger partial charge on any atom is 0.123 e. The van der Waals surface area contributed by atoms with E-state index in [2.05, 4.69) is 4.90 Å². The Morgan fingerprint density at radius 2 is 2.33 bits per heavy atom. The van der Waals surface area contributed by atoms with E-state index in [1.165, 1.54) is 12.1 Å². The van der Waals surface area contributed by atoms with Crippen molar-refractivity contribution in [2.45, 2.75) is 25.5 Å². The van der Waals surface area contributed by atoms with Crippen molar-refractivity contribution < 1.29 is 9.50 Å². The predicted molar refractivity (Wildman–Crippen MR) is 72.8 cm³/mol. The van der Waals surface area contributed by atoms with Crippen molar-refractivity contribution in [1.29, 1.82) is 0 Å². The standard InChI is InChI=1S/C13H17FN2OS/c1-13(17)4-5-16(8-13)7-9-6-10(14)2-3-11(9)12(15)18/h2-3,6,17H,4-5,7-8H2,1H3,(H2,15,18). The number of rotatable bonds is 3. The Bertz CT molecular complexity index is 476. The largest absolute Gasteiger partial charge is 0.389 e. The molecule has 0 radical (unpaired) electrons. The molecule has 1 unspecified atom stereocenters. The predicted octanol–water partition coefficient (Wildman–Crippen LogP) is 1.42. The highest BCUT2D eigenvalue weighted by atomic mass is 32.1. The first-order chi connectivity index (χ1) is 8.37. The third kappa shape index (κ3) is 3.04. The van der Waals surface area contributed by atoms with Crippen LogP contribution in [0.25, 0.3) is 0 Å². The van der Waals surface area contributed by atoms with Crippen LogP contribution in [0.4, 0.5) is 4.39 Å². The first-order valence-electron chi connectivity index (χ1n) is 5.90. The summed E-state index contributed by atoms with van der Waals surface area (Å²) in [5, 5.41) is 9.91. The summed E-state index contributed by atoms with van der Waals surface area (Å²) in [7, 11) is 0. The van der Waals surface area contributed by atoms with E-state index in [-0.39, 0.29) is 10.8 Å². The highest BCUT2D eigenvalue weighted by Crippen LogP contribution is 2.23. The first kappa shape index (κ1) is 13.4. The first-order valence-corrected chi connectivity index (χ1v) is 6.31. The van der Waals surface area contributed by atoms with Crippen molar-refractivity contribution in [3.05, 3.63) is 35.1 Å². The zero-order valence-electron chi connectivity index (χ0n) is 10.3. The molecule has 0 aliphatic carbocycles. The number of halogens is 1. The fourth-order valence-electron chi connectivity index (χ4n) is 2.35. The van der Waals surface area contributed by atoms with Gasteiger partial charge in [0.2, 0.25) is 0 Å². The number of hydrogen-bond acceptors (Lipinski definition) is 3. The molecule has 0 amide bonds. The number of nitrogens with zero attached hydrogens (tertiary/aromatic N) is 1. The van der Waals surface area contributed by atoms with E-state index in [1.807, 2.05) is 6.92 Å². The quantitative estimate of drug-likeness (QED) is 0.814. The van der Waals surface area contributed by atoms with Crippen LogP contribution in [0, 0.1) is 5.82 Å². The molecule has 18 heavy (non-hydrogen) atoms. The SMILES string of the molecule is CC1(O)CCN(Cc2cc(F)ccc2C(N)=S)C1. The van der Waals surface area contributed by atoms with Gasteiger partial charge in [0.05, 0.1) is 5.60 Å². The molecule has 1 aromatic rings. The lowest BCUT2D eigenvalue weighted by Gasteiger charge is -2.20. The van der Waals surface area contributed by atoms with Gasteiger partial charge in [0.25, 0.3) is 0 Å². The molecule has 0 spiro atoms. The number of benzene rings is 1. The van der Waals surface area contributed by atoms with Crippen molar-refractivity contribution >= 4 is 17.2 Å². The van der Waals surface area contributed by atoms with E-state index in [4.69, 9.17) is 18.0 Å². The molecule has 0 aromatic heterocycles. The van der Waals surface area contributed by atoms with Gasteiger partial charge in [0.15, 0.2) is 0 Å². The Kier molecular flexibility index (Phi) is 3.66. The van der Waals surface area contributed by atoms with Crippen molar-refractivity contribution in [3.63, 3.8) is 0 Å². The molecule has 98 valence electrons. The van der Waals surface area contributed by atoms with Crippen LogP contribution in [-0.2, 0) is 6.54 Å². The van der Waals surface area contributed by atoms with Gasteiger partial charge in [-0.3, -0.25) is 4.90 Å². The normalized spacial score (nSPS) is 24.4. The topological polar surface area (TPSA) is 49.5 Å². The van der Waals surface area contributed by atoms with Crippen LogP contribution >= 0.6 is 12.2 Å². The summed E-state index contributed by atoms with van der Waals surface area (Å²) in [6.07, 6.45) is 0.727. The minimum Gasteiger partial charge on any atom is -0.389 e. The Morgan fingerprint density at radius 1 is 1.61 bits per heavy atom. The zero-order valence-corrected chi connectivity index (χ0v) is 11.1. The molecule has 5 heteroatoms. The molecule has 0 saturated carbocycles. The number of hydrogen-bond donors (Lipinski definition) is 2. The van der Waals surface area contributed by atoms with Crippen LogP contribution in [0.3, 0.4) is 0 Å². The third-order valence-electron chi connectivity index (χ3n) is 3.26. The molecule has 0 bridgehead atoms. The molecular formula is C13H17FN2OS. The molecule has 1 saturated heterocycles. The van der Waals surface area contributed by atoms with Gasteiger partial charge in [-0.25, -0.2) is 4.39 Å². The van der Waals surface area contributed by atoms with Crippen LogP contribution < -0.4 is 5.73 Å². The third-order valence-corrected chi connectivity index (χ3v) is 3.48. The van der Waals surface area contributed by atoms with Crippen LogP contribution in [0.2, 0.25) is 0 Å². The molecule has 3 N–H and O–H groups in total. The summed E-state index contributed by atoms with van der Waals surface area (Å²) in [6, 6.07) is 4.43. The summed E-state index contributed by atoms with van der Waals surface area (Å²) in [5.74, 6) is -0.295. The summed E-state index contributed by atoms with van der Waals surface area (Å²) < 4.78 is 13.3. The minimum absolute atomic E-state index is 0.274. The van der Waals surface area contributed by atoms with Crippen molar-refractivity contribution in [2.75, 3.05) is 13.1 Å². The molecule has 2 rings (SSSR count). The van der Waals surface area contributed by atoms with Gasteiger partial charge in [-0.1, -0.05) is 12.2 Å². The second-order valence-electron chi connectivity index (χ2n) is 5.12. The number of nitrogens with two attached hydrogens (primary N) is 1.